The van der Waals surface area contributed by atoms with Crippen molar-refractivity contribution in [3.8, 4) is 0 Å². The molecule has 5 aromatic heterocycles. The van der Waals surface area contributed by atoms with Crippen LogP contribution in [-0.4, -0.2) is 45.1 Å². The predicted molar refractivity (Wildman–Crippen MR) is 281 cm³/mol. The molecule has 0 spiro atoms. The maximum atomic E-state index is 4.47. The van der Waals surface area contributed by atoms with Gasteiger partial charge in [-0.1, -0.05) is 186 Å². The van der Waals surface area contributed by atoms with E-state index in [0.717, 1.165) is 45.7 Å². The first-order valence-corrected chi connectivity index (χ1v) is 24.1. The zero-order valence-electron chi connectivity index (χ0n) is 46.7. The summed E-state index contributed by atoms with van der Waals surface area (Å²) in [5.74, 6) is 2.91. The van der Waals surface area contributed by atoms with E-state index in [9.17, 15) is 0 Å². The maximum absolute atomic E-state index is 4.47. The Labute approximate surface area is 404 Å². The van der Waals surface area contributed by atoms with Gasteiger partial charge in [0.15, 0.2) is 0 Å². The SMILES string of the molecule is CC(C)(C)c1cc(C(C)(C)C)ncn1.CC(C)c1ccc(C(C)(C)C)nc1.CC(C)c1ccc(C(C)(C)C)nn1.CC(C)c1cnc(C(C)(C)C)cn1.CC(C)c1cnc(C(C)(C)C)nc1. The topological polar surface area (TPSA) is 116 Å². The van der Waals surface area contributed by atoms with Crippen LogP contribution in [0.25, 0.3) is 0 Å². The minimum atomic E-state index is 0.0511. The molecule has 0 fully saturated rings. The van der Waals surface area contributed by atoms with Crippen molar-refractivity contribution in [1.29, 1.82) is 0 Å². The average molecular weight is 904 g/mol. The number of hydrogen-bond donors (Lipinski definition) is 0. The molecule has 9 nitrogen and oxygen atoms in total. The molecule has 0 saturated heterocycles. The van der Waals surface area contributed by atoms with Gasteiger partial charge in [-0.3, -0.25) is 15.0 Å². The van der Waals surface area contributed by atoms with Crippen LogP contribution < -0.4 is 0 Å². The smallest absolute Gasteiger partial charge is 0.133 e. The molecule has 0 N–H and O–H groups in total. The van der Waals surface area contributed by atoms with E-state index in [1.807, 2.05) is 31.0 Å². The van der Waals surface area contributed by atoms with Crippen molar-refractivity contribution in [2.45, 2.75) is 236 Å². The Morgan fingerprint density at radius 3 is 1.02 bits per heavy atom. The first kappa shape index (κ1) is 59.5. The largest absolute Gasteiger partial charge is 0.260 e. The second kappa shape index (κ2) is 24.5. The summed E-state index contributed by atoms with van der Waals surface area (Å²) in [6.07, 6.45) is 11.3. The lowest BCUT2D eigenvalue weighted by Crippen LogP contribution is -2.19. The fourth-order valence-corrected chi connectivity index (χ4v) is 5.47. The van der Waals surface area contributed by atoms with Crippen molar-refractivity contribution in [2.24, 2.45) is 0 Å². The molecule has 0 aliphatic carbocycles. The van der Waals surface area contributed by atoms with Gasteiger partial charge in [-0.2, -0.15) is 10.2 Å². The molecule has 0 aliphatic heterocycles. The minimum absolute atomic E-state index is 0.0511. The lowest BCUT2D eigenvalue weighted by atomic mass is 9.87. The van der Waals surface area contributed by atoms with Gasteiger partial charge in [0, 0.05) is 80.6 Å². The van der Waals surface area contributed by atoms with Crippen LogP contribution in [0.2, 0.25) is 0 Å². The highest BCUT2D eigenvalue weighted by Gasteiger charge is 2.22. The van der Waals surface area contributed by atoms with Crippen LogP contribution >= 0.6 is 0 Å². The molecular formula is C57H93N9. The van der Waals surface area contributed by atoms with Gasteiger partial charge in [-0.15, -0.1) is 0 Å². The molecule has 5 heterocycles. The average Bonchev–Trinajstić information content (AvgIpc) is 3.20. The molecule has 0 atom stereocenters. The van der Waals surface area contributed by atoms with Crippen LogP contribution in [0.1, 0.15) is 260 Å². The van der Waals surface area contributed by atoms with E-state index < -0.39 is 0 Å². The number of rotatable bonds is 4. The molecule has 5 aromatic rings. The van der Waals surface area contributed by atoms with Gasteiger partial charge in [0.2, 0.25) is 0 Å². The Morgan fingerprint density at radius 2 is 0.712 bits per heavy atom. The van der Waals surface area contributed by atoms with E-state index in [-0.39, 0.29) is 32.5 Å². The monoisotopic (exact) mass is 904 g/mol. The summed E-state index contributed by atoms with van der Waals surface area (Å²) in [4.78, 5) is 30.6. The highest BCUT2D eigenvalue weighted by Crippen LogP contribution is 2.26. The van der Waals surface area contributed by atoms with Crippen LogP contribution in [0.5, 0.6) is 0 Å². The molecule has 0 amide bonds. The Bertz CT molecular complexity index is 1830. The van der Waals surface area contributed by atoms with E-state index in [0.29, 0.717) is 23.7 Å². The predicted octanol–water partition coefficient (Wildman–Crippen LogP) is 15.3. The van der Waals surface area contributed by atoms with E-state index >= 15 is 0 Å². The Morgan fingerprint density at radius 1 is 0.303 bits per heavy atom. The quantitative estimate of drug-likeness (QED) is 0.174. The van der Waals surface area contributed by atoms with E-state index in [1.165, 1.54) is 11.1 Å². The highest BCUT2D eigenvalue weighted by atomic mass is 15.1. The fraction of sp³-hybridized carbons (Fsp3) is 0.632. The normalized spacial score (nSPS) is 12.3. The van der Waals surface area contributed by atoms with Crippen LogP contribution in [0.15, 0.2) is 67.6 Å². The van der Waals surface area contributed by atoms with Gasteiger partial charge in [0.25, 0.3) is 0 Å². The molecular weight excluding hydrogens is 811 g/mol. The molecule has 0 aliphatic rings. The molecule has 0 bridgehead atoms. The Kier molecular flexibility index (Phi) is 22.1. The van der Waals surface area contributed by atoms with Gasteiger partial charge in [0.05, 0.1) is 22.8 Å². The third-order valence-electron chi connectivity index (χ3n) is 10.5. The molecule has 366 valence electrons. The van der Waals surface area contributed by atoms with Crippen LogP contribution in [-0.2, 0) is 32.5 Å². The van der Waals surface area contributed by atoms with Gasteiger partial charge in [0.1, 0.15) is 12.2 Å². The van der Waals surface area contributed by atoms with Crippen LogP contribution in [0.3, 0.4) is 0 Å². The number of nitrogens with zero attached hydrogens (tertiary/aromatic N) is 9. The zero-order chi connectivity index (χ0) is 51.2. The van der Waals surface area contributed by atoms with Crippen LogP contribution in [0, 0.1) is 0 Å². The third kappa shape index (κ3) is 21.4. The maximum Gasteiger partial charge on any atom is 0.133 e. The molecule has 0 aromatic carbocycles. The summed E-state index contributed by atoms with van der Waals surface area (Å²) in [6.45, 7) is 56.0. The Hall–Kier alpha value is -4.53. The van der Waals surface area contributed by atoms with Gasteiger partial charge < -0.3 is 0 Å². The van der Waals surface area contributed by atoms with Crippen molar-refractivity contribution in [2.75, 3.05) is 0 Å². The second-order valence-corrected chi connectivity index (χ2v) is 24.9. The summed E-state index contributed by atoms with van der Waals surface area (Å²) in [6, 6.07) is 10.6. The van der Waals surface area contributed by atoms with Crippen molar-refractivity contribution in [3.05, 3.63) is 124 Å². The number of aromatic nitrogens is 9. The number of hydrogen-bond acceptors (Lipinski definition) is 9. The van der Waals surface area contributed by atoms with Crippen molar-refractivity contribution < 1.29 is 0 Å². The molecule has 9 heteroatoms. The first-order valence-electron chi connectivity index (χ1n) is 24.1. The zero-order valence-corrected chi connectivity index (χ0v) is 46.7. The van der Waals surface area contributed by atoms with Gasteiger partial charge >= 0.3 is 0 Å². The van der Waals surface area contributed by atoms with E-state index in [1.54, 1.807) is 6.33 Å². The Balaban J connectivity index is 0.000000413. The first-order chi connectivity index (χ1) is 29.8. The number of pyridine rings is 1. The molecule has 5 rings (SSSR count). The van der Waals surface area contributed by atoms with Gasteiger partial charge in [-0.25, -0.2) is 19.9 Å². The fourth-order valence-electron chi connectivity index (χ4n) is 5.47. The molecule has 0 radical (unpaired) electrons. The summed E-state index contributed by atoms with van der Waals surface area (Å²) >= 11 is 0. The summed E-state index contributed by atoms with van der Waals surface area (Å²) < 4.78 is 0. The van der Waals surface area contributed by atoms with Crippen molar-refractivity contribution in [3.63, 3.8) is 0 Å². The lowest BCUT2D eigenvalue weighted by Gasteiger charge is -2.22. The summed E-state index contributed by atoms with van der Waals surface area (Å²) in [5, 5.41) is 8.42. The molecule has 66 heavy (non-hydrogen) atoms. The third-order valence-corrected chi connectivity index (χ3v) is 10.5. The molecule has 0 saturated carbocycles. The molecule has 0 unspecified atom stereocenters. The minimum Gasteiger partial charge on any atom is -0.260 e. The van der Waals surface area contributed by atoms with Crippen molar-refractivity contribution in [1.82, 2.24) is 45.1 Å². The highest BCUT2D eigenvalue weighted by molar-refractivity contribution is 5.22. The van der Waals surface area contributed by atoms with Crippen LogP contribution in [0.4, 0.5) is 0 Å². The second-order valence-electron chi connectivity index (χ2n) is 24.9. The lowest BCUT2D eigenvalue weighted by molar-refractivity contribution is 0.537. The van der Waals surface area contributed by atoms with Gasteiger partial charge in [-0.05, 0) is 59.1 Å². The van der Waals surface area contributed by atoms with Crippen molar-refractivity contribution >= 4 is 0 Å². The summed E-state index contributed by atoms with van der Waals surface area (Å²) in [5.41, 5.74) is 10.7. The standard InChI is InChI=1S/C12H20N2.C12H19N.3C11H18N2/c1-11(2,3)9-7-10(12(4,5)6)14-8-13-9;1-9(2)10-6-7-11(13-8-10)12(3,4)5;1-8(2)9-6-13-10(7-12-9)11(3,4)5;1-8(2)9-6-12-10(13-7-9)11(3,4)5;1-8(2)9-6-7-10(13-12-9)11(3,4)5/h7-8H,1-6H3;6-9H,1-5H3;3*6-8H,1-5H3. The van der Waals surface area contributed by atoms with E-state index in [2.05, 4.69) is 255 Å². The van der Waals surface area contributed by atoms with E-state index in [4.69, 9.17) is 0 Å². The summed E-state index contributed by atoms with van der Waals surface area (Å²) in [7, 11) is 0.